The van der Waals surface area contributed by atoms with Crippen LogP contribution in [-0.2, 0) is 0 Å². The molecule has 0 bridgehead atoms. The van der Waals surface area contributed by atoms with Crippen molar-refractivity contribution < 1.29 is 5.11 Å². The van der Waals surface area contributed by atoms with Crippen molar-refractivity contribution in [3.05, 3.63) is 29.9 Å². The zero-order valence-corrected chi connectivity index (χ0v) is 9.08. The van der Waals surface area contributed by atoms with E-state index < -0.39 is 0 Å². The minimum Gasteiger partial charge on any atom is -0.506 e. The number of nitrogens with two attached hydrogens (primary N) is 1. The normalized spacial score (nSPS) is 11.0. The van der Waals surface area contributed by atoms with Gasteiger partial charge < -0.3 is 15.8 Å². The van der Waals surface area contributed by atoms with Crippen molar-refractivity contribution >= 4 is 27.9 Å². The minimum atomic E-state index is 0.208. The average molecular weight is 231 g/mol. The smallest absolute Gasteiger partial charge is 0.139 e. The van der Waals surface area contributed by atoms with Crippen LogP contribution in [0.1, 0.15) is 0 Å². The first kappa shape index (κ1) is 9.23. The molecule has 0 radical (unpaired) electrons. The summed E-state index contributed by atoms with van der Waals surface area (Å²) in [6.07, 6.45) is 1.78. The van der Waals surface area contributed by atoms with Crippen LogP contribution in [0.4, 0.5) is 5.69 Å². The number of aromatic amines is 1. The summed E-state index contributed by atoms with van der Waals surface area (Å²) >= 11 is 1.54. The van der Waals surface area contributed by atoms with Crippen molar-refractivity contribution in [2.45, 2.75) is 0 Å². The fourth-order valence-electron chi connectivity index (χ4n) is 1.71. The Balaban J connectivity index is 2.31. The molecule has 80 valence electrons. The highest BCUT2D eigenvalue weighted by Gasteiger charge is 2.09. The summed E-state index contributed by atoms with van der Waals surface area (Å²) < 4.78 is 0. The lowest BCUT2D eigenvalue weighted by Crippen LogP contribution is -1.84. The lowest BCUT2D eigenvalue weighted by Gasteiger charge is -1.97. The number of hydrogen-bond donors (Lipinski definition) is 3. The second kappa shape index (κ2) is 3.24. The van der Waals surface area contributed by atoms with E-state index in [-0.39, 0.29) is 5.75 Å². The molecule has 3 aromatic rings. The number of aromatic hydroxyl groups is 1. The van der Waals surface area contributed by atoms with Gasteiger partial charge in [0.2, 0.25) is 0 Å². The number of anilines is 1. The van der Waals surface area contributed by atoms with E-state index in [2.05, 4.69) is 9.97 Å². The molecule has 0 amide bonds. The highest BCUT2D eigenvalue weighted by molar-refractivity contribution is 7.13. The average Bonchev–Trinajstić information content (AvgIpc) is 2.90. The Morgan fingerprint density at radius 1 is 1.38 bits per heavy atom. The summed E-state index contributed by atoms with van der Waals surface area (Å²) in [5.74, 6) is 0.208. The Hall–Kier alpha value is -2.01. The molecule has 0 spiro atoms. The molecule has 0 fully saturated rings. The van der Waals surface area contributed by atoms with Crippen LogP contribution >= 0.6 is 11.3 Å². The maximum atomic E-state index is 9.71. The van der Waals surface area contributed by atoms with Crippen molar-refractivity contribution in [2.24, 2.45) is 0 Å². The van der Waals surface area contributed by atoms with E-state index in [1.54, 1.807) is 23.8 Å². The molecule has 0 aliphatic rings. The van der Waals surface area contributed by atoms with Crippen molar-refractivity contribution in [2.75, 3.05) is 5.73 Å². The molecule has 0 atom stereocenters. The number of nitrogen functional groups attached to an aromatic ring is 1. The van der Waals surface area contributed by atoms with Gasteiger partial charge in [0.05, 0.1) is 21.6 Å². The summed E-state index contributed by atoms with van der Waals surface area (Å²) in [5, 5.41) is 10.5. The van der Waals surface area contributed by atoms with Gasteiger partial charge in [-0.1, -0.05) is 0 Å². The van der Waals surface area contributed by atoms with Crippen LogP contribution in [0.25, 0.3) is 21.5 Å². The van der Waals surface area contributed by atoms with Crippen molar-refractivity contribution in [3.63, 3.8) is 0 Å². The summed E-state index contributed by atoms with van der Waals surface area (Å²) in [7, 11) is 0. The highest BCUT2D eigenvalue weighted by Crippen LogP contribution is 2.33. The maximum Gasteiger partial charge on any atom is 0.139 e. The van der Waals surface area contributed by atoms with E-state index in [1.807, 2.05) is 6.07 Å². The molecule has 1 aromatic carbocycles. The molecule has 0 unspecified atom stereocenters. The SMILES string of the molecule is Nc1ccc(O)c2[nH]c(-c3cncs3)cc12. The molecule has 5 heteroatoms. The van der Waals surface area contributed by atoms with Crippen molar-refractivity contribution in [1.82, 2.24) is 9.97 Å². The van der Waals surface area contributed by atoms with Crippen LogP contribution < -0.4 is 5.73 Å². The Morgan fingerprint density at radius 3 is 2.94 bits per heavy atom. The summed E-state index contributed by atoms with van der Waals surface area (Å²) in [6, 6.07) is 5.21. The van der Waals surface area contributed by atoms with Gasteiger partial charge in [-0.3, -0.25) is 4.98 Å². The third kappa shape index (κ3) is 1.25. The number of nitrogens with one attached hydrogen (secondary N) is 1. The molecule has 0 saturated heterocycles. The molecule has 4 N–H and O–H groups in total. The number of phenols is 1. The summed E-state index contributed by atoms with van der Waals surface area (Å²) in [5.41, 5.74) is 9.86. The third-order valence-corrected chi connectivity index (χ3v) is 3.31. The Bertz CT molecular complexity index is 604. The number of thiazole rings is 1. The molecule has 3 rings (SSSR count). The van der Waals surface area contributed by atoms with E-state index in [1.165, 1.54) is 11.3 Å². The monoisotopic (exact) mass is 231 g/mol. The fraction of sp³-hybridized carbons (Fsp3) is 0. The van der Waals surface area contributed by atoms with Gasteiger partial charge in [-0.2, -0.15) is 0 Å². The minimum absolute atomic E-state index is 0.208. The second-order valence-electron chi connectivity index (χ2n) is 3.51. The number of fused-ring (bicyclic) bond motifs is 1. The zero-order valence-electron chi connectivity index (χ0n) is 8.27. The molecule has 2 aromatic heterocycles. The van der Waals surface area contributed by atoms with Crippen LogP contribution in [-0.4, -0.2) is 15.1 Å². The first-order valence-electron chi connectivity index (χ1n) is 4.75. The summed E-state index contributed by atoms with van der Waals surface area (Å²) in [4.78, 5) is 8.19. The molecule has 2 heterocycles. The van der Waals surface area contributed by atoms with E-state index in [0.717, 1.165) is 16.0 Å². The molecule has 4 nitrogen and oxygen atoms in total. The zero-order chi connectivity index (χ0) is 11.1. The van der Waals surface area contributed by atoms with Gasteiger partial charge >= 0.3 is 0 Å². The third-order valence-electron chi connectivity index (χ3n) is 2.50. The predicted molar refractivity (Wildman–Crippen MR) is 65.5 cm³/mol. The van der Waals surface area contributed by atoms with E-state index in [0.29, 0.717) is 11.2 Å². The van der Waals surface area contributed by atoms with E-state index in [9.17, 15) is 5.11 Å². The lowest BCUT2D eigenvalue weighted by atomic mass is 10.2. The lowest BCUT2D eigenvalue weighted by molar-refractivity contribution is 0.480. The van der Waals surface area contributed by atoms with Crippen LogP contribution in [0, 0.1) is 0 Å². The standard InChI is InChI=1S/C11H9N3OS/c12-7-1-2-9(15)11-6(7)3-8(14-11)10-4-13-5-16-10/h1-5,14-15H,12H2. The Labute approximate surface area is 95.4 Å². The van der Waals surface area contributed by atoms with Crippen LogP contribution in [0.2, 0.25) is 0 Å². The number of aromatic nitrogens is 2. The van der Waals surface area contributed by atoms with Gasteiger partial charge in [0, 0.05) is 17.3 Å². The Kier molecular flexibility index (Phi) is 1.87. The van der Waals surface area contributed by atoms with Gasteiger partial charge in [0.25, 0.3) is 0 Å². The van der Waals surface area contributed by atoms with Gasteiger partial charge in [-0.05, 0) is 18.2 Å². The van der Waals surface area contributed by atoms with Crippen LogP contribution in [0.3, 0.4) is 0 Å². The van der Waals surface area contributed by atoms with E-state index >= 15 is 0 Å². The molecule has 0 aliphatic carbocycles. The number of phenolic OH excluding ortho intramolecular Hbond substituents is 1. The van der Waals surface area contributed by atoms with Crippen molar-refractivity contribution in [1.29, 1.82) is 0 Å². The largest absolute Gasteiger partial charge is 0.506 e. The molecule has 0 saturated carbocycles. The summed E-state index contributed by atoms with van der Waals surface area (Å²) in [6.45, 7) is 0. The number of rotatable bonds is 1. The van der Waals surface area contributed by atoms with Gasteiger partial charge in [0.15, 0.2) is 0 Å². The number of H-pyrrole nitrogens is 1. The quantitative estimate of drug-likeness (QED) is 0.445. The number of hydrogen-bond acceptors (Lipinski definition) is 4. The molecular formula is C11H9N3OS. The van der Waals surface area contributed by atoms with Gasteiger partial charge in [-0.25, -0.2) is 0 Å². The molecule has 0 aliphatic heterocycles. The van der Waals surface area contributed by atoms with Crippen LogP contribution in [0.5, 0.6) is 5.75 Å². The second-order valence-corrected chi connectivity index (χ2v) is 4.40. The topological polar surface area (TPSA) is 74.9 Å². The first-order valence-corrected chi connectivity index (χ1v) is 5.62. The molecular weight excluding hydrogens is 222 g/mol. The maximum absolute atomic E-state index is 9.71. The molecule has 16 heavy (non-hydrogen) atoms. The first-order chi connectivity index (χ1) is 7.75. The highest BCUT2D eigenvalue weighted by atomic mass is 32.1. The van der Waals surface area contributed by atoms with Gasteiger partial charge in [0.1, 0.15) is 5.75 Å². The predicted octanol–water partition coefficient (Wildman–Crippen LogP) is 2.58. The van der Waals surface area contributed by atoms with Crippen molar-refractivity contribution in [3.8, 4) is 16.3 Å². The van der Waals surface area contributed by atoms with Gasteiger partial charge in [-0.15, -0.1) is 11.3 Å². The number of benzene rings is 1. The number of nitrogens with zero attached hydrogens (tertiary/aromatic N) is 1. The fourth-order valence-corrected chi connectivity index (χ4v) is 2.30. The van der Waals surface area contributed by atoms with Crippen LogP contribution in [0.15, 0.2) is 29.9 Å². The van der Waals surface area contributed by atoms with E-state index in [4.69, 9.17) is 5.73 Å². The Morgan fingerprint density at radius 2 is 2.25 bits per heavy atom.